The third-order valence-electron chi connectivity index (χ3n) is 2.44. The SMILES string of the molecule is CC(C)O[C@H]1CCC[C@H](C(=O)O)C1. The second-order valence-electron chi connectivity index (χ2n) is 4.01. The zero-order valence-corrected chi connectivity index (χ0v) is 8.32. The van der Waals surface area contributed by atoms with Gasteiger partial charge in [-0.3, -0.25) is 4.79 Å². The molecule has 0 aromatic heterocycles. The maximum atomic E-state index is 10.7. The molecule has 76 valence electrons. The smallest absolute Gasteiger partial charge is 0.306 e. The second kappa shape index (κ2) is 4.61. The van der Waals surface area contributed by atoms with E-state index in [9.17, 15) is 4.79 Å². The minimum Gasteiger partial charge on any atom is -0.481 e. The van der Waals surface area contributed by atoms with Crippen molar-refractivity contribution in [3.05, 3.63) is 0 Å². The Morgan fingerprint density at radius 3 is 2.69 bits per heavy atom. The van der Waals surface area contributed by atoms with Crippen LogP contribution in [0.3, 0.4) is 0 Å². The molecule has 13 heavy (non-hydrogen) atoms. The van der Waals surface area contributed by atoms with E-state index >= 15 is 0 Å². The van der Waals surface area contributed by atoms with Crippen molar-refractivity contribution in [1.29, 1.82) is 0 Å². The zero-order chi connectivity index (χ0) is 9.84. The maximum Gasteiger partial charge on any atom is 0.306 e. The van der Waals surface area contributed by atoms with Gasteiger partial charge in [0.15, 0.2) is 0 Å². The Morgan fingerprint density at radius 1 is 1.46 bits per heavy atom. The minimum atomic E-state index is -0.669. The standard InChI is InChI=1S/C10H18O3/c1-7(2)13-9-5-3-4-8(6-9)10(11)12/h7-9H,3-6H2,1-2H3,(H,11,12)/t8-,9-/m0/s1. The molecule has 0 amide bonds. The van der Waals surface area contributed by atoms with Crippen molar-refractivity contribution in [1.82, 2.24) is 0 Å². The van der Waals surface area contributed by atoms with Gasteiger partial charge < -0.3 is 9.84 Å². The number of aliphatic carboxylic acids is 1. The fraction of sp³-hybridized carbons (Fsp3) is 0.900. The molecule has 2 atom stereocenters. The number of rotatable bonds is 3. The highest BCUT2D eigenvalue weighted by Gasteiger charge is 2.27. The van der Waals surface area contributed by atoms with Crippen LogP contribution in [0.15, 0.2) is 0 Å². The molecule has 0 heterocycles. The first-order chi connectivity index (χ1) is 6.09. The highest BCUT2D eigenvalue weighted by molar-refractivity contribution is 5.70. The number of carbonyl (C=O) groups is 1. The van der Waals surface area contributed by atoms with Crippen LogP contribution in [-0.4, -0.2) is 23.3 Å². The molecule has 3 heteroatoms. The highest BCUT2D eigenvalue weighted by atomic mass is 16.5. The molecule has 0 aromatic carbocycles. The van der Waals surface area contributed by atoms with Gasteiger partial charge in [0.1, 0.15) is 0 Å². The quantitative estimate of drug-likeness (QED) is 0.733. The van der Waals surface area contributed by atoms with Gasteiger partial charge in [-0.1, -0.05) is 6.42 Å². The Bertz CT molecular complexity index is 177. The van der Waals surface area contributed by atoms with Crippen molar-refractivity contribution >= 4 is 5.97 Å². The van der Waals surface area contributed by atoms with Crippen LogP contribution in [0.2, 0.25) is 0 Å². The third kappa shape index (κ3) is 3.35. The van der Waals surface area contributed by atoms with E-state index in [0.29, 0.717) is 6.42 Å². The number of hydrogen-bond donors (Lipinski definition) is 1. The summed E-state index contributed by atoms with van der Waals surface area (Å²) in [5, 5.41) is 8.83. The molecule has 1 saturated carbocycles. The normalized spacial score (nSPS) is 29.2. The Morgan fingerprint density at radius 2 is 2.15 bits per heavy atom. The van der Waals surface area contributed by atoms with Gasteiger partial charge in [0.25, 0.3) is 0 Å². The Kier molecular flexibility index (Phi) is 3.72. The van der Waals surface area contributed by atoms with Crippen molar-refractivity contribution in [2.75, 3.05) is 0 Å². The van der Waals surface area contributed by atoms with Crippen molar-refractivity contribution in [3.8, 4) is 0 Å². The first kappa shape index (κ1) is 10.5. The Hall–Kier alpha value is -0.570. The molecule has 1 fully saturated rings. The molecular weight excluding hydrogens is 168 g/mol. The van der Waals surface area contributed by atoms with E-state index in [1.165, 1.54) is 0 Å². The van der Waals surface area contributed by atoms with Gasteiger partial charge in [0, 0.05) is 0 Å². The summed E-state index contributed by atoms with van der Waals surface area (Å²) in [5.74, 6) is -0.852. The summed E-state index contributed by atoms with van der Waals surface area (Å²) in [7, 11) is 0. The second-order valence-corrected chi connectivity index (χ2v) is 4.01. The molecule has 0 saturated heterocycles. The summed E-state index contributed by atoms with van der Waals surface area (Å²) in [6.07, 6.45) is 3.87. The fourth-order valence-corrected chi connectivity index (χ4v) is 1.88. The average molecular weight is 186 g/mol. The van der Waals surface area contributed by atoms with E-state index in [2.05, 4.69) is 0 Å². The van der Waals surface area contributed by atoms with Gasteiger partial charge in [-0.2, -0.15) is 0 Å². The van der Waals surface area contributed by atoms with Crippen molar-refractivity contribution < 1.29 is 14.6 Å². The largest absolute Gasteiger partial charge is 0.481 e. The van der Waals surface area contributed by atoms with Gasteiger partial charge in [-0.15, -0.1) is 0 Å². The molecular formula is C10H18O3. The third-order valence-corrected chi connectivity index (χ3v) is 2.44. The van der Waals surface area contributed by atoms with Gasteiger partial charge >= 0.3 is 5.97 Å². The fourth-order valence-electron chi connectivity index (χ4n) is 1.88. The van der Waals surface area contributed by atoms with Crippen LogP contribution in [0.4, 0.5) is 0 Å². The predicted octanol–water partition coefficient (Wildman–Crippen LogP) is 2.05. The topological polar surface area (TPSA) is 46.5 Å². The molecule has 1 N–H and O–H groups in total. The number of hydrogen-bond acceptors (Lipinski definition) is 2. The zero-order valence-electron chi connectivity index (χ0n) is 8.32. The summed E-state index contributed by atoms with van der Waals surface area (Å²) >= 11 is 0. The molecule has 0 radical (unpaired) electrons. The van der Waals surface area contributed by atoms with E-state index in [0.717, 1.165) is 19.3 Å². The molecule has 1 aliphatic carbocycles. The lowest BCUT2D eigenvalue weighted by atomic mass is 9.87. The molecule has 1 rings (SSSR count). The number of carboxylic acids is 1. The van der Waals surface area contributed by atoms with Crippen LogP contribution in [0.1, 0.15) is 39.5 Å². The lowest BCUT2D eigenvalue weighted by Crippen LogP contribution is -2.29. The highest BCUT2D eigenvalue weighted by Crippen LogP contribution is 2.27. The van der Waals surface area contributed by atoms with Crippen LogP contribution < -0.4 is 0 Å². The summed E-state index contributed by atoms with van der Waals surface area (Å²) in [6.45, 7) is 3.98. The van der Waals surface area contributed by atoms with Crippen molar-refractivity contribution in [3.63, 3.8) is 0 Å². The maximum absolute atomic E-state index is 10.7. The molecule has 0 aliphatic heterocycles. The van der Waals surface area contributed by atoms with Crippen molar-refractivity contribution in [2.45, 2.75) is 51.7 Å². The van der Waals surface area contributed by atoms with Crippen LogP contribution in [-0.2, 0) is 9.53 Å². The predicted molar refractivity (Wildman–Crippen MR) is 49.6 cm³/mol. The van der Waals surface area contributed by atoms with E-state index < -0.39 is 5.97 Å². The van der Waals surface area contributed by atoms with Gasteiger partial charge in [0.05, 0.1) is 18.1 Å². The number of carboxylic acid groups (broad SMARTS) is 1. The van der Waals surface area contributed by atoms with Crippen LogP contribution >= 0.6 is 0 Å². The van der Waals surface area contributed by atoms with E-state index in [-0.39, 0.29) is 18.1 Å². The Balaban J connectivity index is 2.37. The van der Waals surface area contributed by atoms with E-state index in [1.54, 1.807) is 0 Å². The van der Waals surface area contributed by atoms with E-state index in [4.69, 9.17) is 9.84 Å². The first-order valence-electron chi connectivity index (χ1n) is 4.98. The first-order valence-corrected chi connectivity index (χ1v) is 4.98. The summed E-state index contributed by atoms with van der Waals surface area (Å²) in [5.41, 5.74) is 0. The molecule has 0 aromatic rings. The molecule has 0 spiro atoms. The molecule has 0 bridgehead atoms. The van der Waals surface area contributed by atoms with Crippen molar-refractivity contribution in [2.24, 2.45) is 5.92 Å². The summed E-state index contributed by atoms with van der Waals surface area (Å²) in [4.78, 5) is 10.7. The summed E-state index contributed by atoms with van der Waals surface area (Å²) in [6, 6.07) is 0. The minimum absolute atomic E-state index is 0.162. The summed E-state index contributed by atoms with van der Waals surface area (Å²) < 4.78 is 5.61. The van der Waals surface area contributed by atoms with E-state index in [1.807, 2.05) is 13.8 Å². The van der Waals surface area contributed by atoms with Gasteiger partial charge in [-0.05, 0) is 33.1 Å². The van der Waals surface area contributed by atoms with Gasteiger partial charge in [0.2, 0.25) is 0 Å². The van der Waals surface area contributed by atoms with Gasteiger partial charge in [-0.25, -0.2) is 0 Å². The average Bonchev–Trinajstić information content (AvgIpc) is 2.03. The molecule has 3 nitrogen and oxygen atoms in total. The lowest BCUT2D eigenvalue weighted by Gasteiger charge is -2.28. The monoisotopic (exact) mass is 186 g/mol. The lowest BCUT2D eigenvalue weighted by molar-refractivity contribution is -0.145. The number of ether oxygens (including phenoxy) is 1. The molecule has 0 unspecified atom stereocenters. The Labute approximate surface area is 79.1 Å². The van der Waals surface area contributed by atoms with Crippen LogP contribution in [0.25, 0.3) is 0 Å². The van der Waals surface area contributed by atoms with Crippen LogP contribution in [0, 0.1) is 5.92 Å². The molecule has 1 aliphatic rings. The van der Waals surface area contributed by atoms with Crippen LogP contribution in [0.5, 0.6) is 0 Å².